The van der Waals surface area contributed by atoms with Gasteiger partial charge in [0.05, 0.1) is 19.3 Å². The molecular weight excluding hydrogens is 626 g/mol. The molecule has 3 atom stereocenters. The number of carbonyl (C=O) groups excluding carboxylic acids is 3. The molecule has 1 heterocycles. The van der Waals surface area contributed by atoms with Crippen molar-refractivity contribution in [3.05, 3.63) is 0 Å². The van der Waals surface area contributed by atoms with Crippen LogP contribution in [0.5, 0.6) is 0 Å². The quantitative estimate of drug-likeness (QED) is 0.0765. The second-order valence-corrected chi connectivity index (χ2v) is 11.7. The fourth-order valence-corrected chi connectivity index (χ4v) is 6.42. The Balaban J connectivity index is 3.94. The van der Waals surface area contributed by atoms with Crippen LogP contribution >= 0.6 is 0 Å². The van der Waals surface area contributed by atoms with Crippen molar-refractivity contribution in [1.82, 2.24) is 20.0 Å². The summed E-state index contributed by atoms with van der Waals surface area (Å²) in [5.74, 6) is 0.360. The number of amides is 3. The van der Waals surface area contributed by atoms with Crippen LogP contribution in [-0.2, 0) is 28.8 Å². The summed E-state index contributed by atoms with van der Waals surface area (Å²) < 4.78 is 0. The Bertz CT molecular complexity index is 1250. The molecule has 3 amide bonds. The molecule has 0 aromatic heterocycles. The highest BCUT2D eigenvalue weighted by molar-refractivity contribution is 5.90. The van der Waals surface area contributed by atoms with E-state index in [1.165, 1.54) is 4.90 Å². The van der Waals surface area contributed by atoms with Gasteiger partial charge in [0.25, 0.3) is 0 Å². The van der Waals surface area contributed by atoms with Crippen molar-refractivity contribution in [3.63, 3.8) is 0 Å². The number of terminal acetylenes is 3. The number of primary amides is 3. The number of hydrogen-bond acceptors (Lipinski definition) is 10. The van der Waals surface area contributed by atoms with E-state index >= 15 is 0 Å². The maximum Gasteiger partial charge on any atom is 0.305 e. The van der Waals surface area contributed by atoms with Crippen LogP contribution in [0, 0.1) is 37.0 Å². The first-order valence-corrected chi connectivity index (χ1v) is 15.4. The van der Waals surface area contributed by atoms with Crippen molar-refractivity contribution in [1.29, 1.82) is 0 Å². The summed E-state index contributed by atoms with van der Waals surface area (Å²) in [6.45, 7) is -0.112. The number of rotatable bonds is 18. The van der Waals surface area contributed by atoms with Gasteiger partial charge in [-0.05, 0) is 19.3 Å². The van der Waals surface area contributed by atoms with E-state index in [9.17, 15) is 44.1 Å². The molecule has 0 spiro atoms. The van der Waals surface area contributed by atoms with E-state index in [1.807, 2.05) is 0 Å². The van der Waals surface area contributed by atoms with Gasteiger partial charge in [-0.2, -0.15) is 0 Å². The molecule has 0 saturated carbocycles. The molecule has 1 aliphatic rings. The topological polar surface area (TPSA) is 263 Å². The van der Waals surface area contributed by atoms with E-state index < -0.39 is 71.5 Å². The summed E-state index contributed by atoms with van der Waals surface area (Å²) in [5, 5.41) is 32.7. The number of carbonyl (C=O) groups is 6. The standard InChI is InChI=1S/C32H47N7O9/c1-4-7-10-30(27(33)46,21-24(40)41)37-15-13-36-14-16-38(31(28(34)47,11-8-5-2)22-25(42)43)18-20-39(19-17-37)32(29(35)48,12-9-6-3)23-26(44)45/h1-3,36H,7-23H2,(H2,33,46)(H2,34,47)(H2,35,48)(H,40,41)(H,42,43)(H,44,45). The molecule has 0 aromatic carbocycles. The Morgan fingerprint density at radius 3 is 1.00 bits per heavy atom. The molecule has 3 unspecified atom stereocenters. The highest BCUT2D eigenvalue weighted by Gasteiger charge is 2.49. The van der Waals surface area contributed by atoms with E-state index in [-0.39, 0.29) is 90.9 Å². The molecule has 0 aliphatic carbocycles. The van der Waals surface area contributed by atoms with Crippen LogP contribution in [0.2, 0.25) is 0 Å². The lowest BCUT2D eigenvalue weighted by molar-refractivity contribution is -0.150. The number of nitrogens with one attached hydrogen (secondary N) is 1. The summed E-state index contributed by atoms with van der Waals surface area (Å²) >= 11 is 0. The Morgan fingerprint density at radius 1 is 0.542 bits per heavy atom. The fraction of sp³-hybridized carbons (Fsp3) is 0.625. The van der Waals surface area contributed by atoms with Crippen molar-refractivity contribution in [2.45, 2.75) is 74.4 Å². The van der Waals surface area contributed by atoms with Crippen LogP contribution in [0.25, 0.3) is 0 Å². The lowest BCUT2D eigenvalue weighted by atomic mass is 9.84. The summed E-state index contributed by atoms with van der Waals surface area (Å²) in [6, 6.07) is 0. The molecule has 16 heteroatoms. The molecular formula is C32H47N7O9. The second-order valence-electron chi connectivity index (χ2n) is 11.7. The third-order valence-corrected chi connectivity index (χ3v) is 8.97. The summed E-state index contributed by atoms with van der Waals surface area (Å²) in [7, 11) is 0. The van der Waals surface area contributed by atoms with Gasteiger partial charge >= 0.3 is 17.9 Å². The minimum Gasteiger partial charge on any atom is -0.481 e. The lowest BCUT2D eigenvalue weighted by Gasteiger charge is -2.47. The van der Waals surface area contributed by atoms with Crippen LogP contribution in [0.4, 0.5) is 0 Å². The third kappa shape index (κ3) is 10.7. The zero-order valence-electron chi connectivity index (χ0n) is 27.1. The van der Waals surface area contributed by atoms with Gasteiger partial charge in [0.1, 0.15) is 16.6 Å². The van der Waals surface area contributed by atoms with E-state index in [0.29, 0.717) is 0 Å². The minimum atomic E-state index is -1.89. The zero-order valence-corrected chi connectivity index (χ0v) is 27.1. The van der Waals surface area contributed by atoms with E-state index in [4.69, 9.17) is 36.5 Å². The predicted molar refractivity (Wildman–Crippen MR) is 174 cm³/mol. The molecule has 1 fully saturated rings. The van der Waals surface area contributed by atoms with E-state index in [0.717, 1.165) is 0 Å². The number of hydrogen-bond donors (Lipinski definition) is 7. The van der Waals surface area contributed by atoms with Gasteiger partial charge in [0.15, 0.2) is 0 Å². The Labute approximate surface area is 280 Å². The Morgan fingerprint density at radius 2 is 0.792 bits per heavy atom. The number of carboxylic acids is 3. The van der Waals surface area contributed by atoms with Crippen LogP contribution in [0.1, 0.15) is 57.8 Å². The lowest BCUT2D eigenvalue weighted by Crippen LogP contribution is -2.66. The van der Waals surface area contributed by atoms with Crippen molar-refractivity contribution in [2.75, 3.05) is 52.4 Å². The molecule has 48 heavy (non-hydrogen) atoms. The van der Waals surface area contributed by atoms with Crippen LogP contribution in [-0.4, -0.2) is 135 Å². The normalized spacial score (nSPS) is 19.2. The van der Waals surface area contributed by atoms with Crippen LogP contribution in [0.3, 0.4) is 0 Å². The first-order valence-electron chi connectivity index (χ1n) is 15.4. The monoisotopic (exact) mass is 673 g/mol. The molecule has 0 radical (unpaired) electrons. The van der Waals surface area contributed by atoms with Gasteiger partial charge in [-0.25, -0.2) is 0 Å². The van der Waals surface area contributed by atoms with E-state index in [1.54, 1.807) is 9.80 Å². The van der Waals surface area contributed by atoms with Gasteiger partial charge in [0, 0.05) is 71.6 Å². The average molecular weight is 674 g/mol. The highest BCUT2D eigenvalue weighted by Crippen LogP contribution is 2.31. The zero-order chi connectivity index (χ0) is 36.5. The Kier molecular flexibility index (Phi) is 16.6. The number of carboxylic acid groups (broad SMARTS) is 3. The number of nitrogens with two attached hydrogens (primary N) is 3. The summed E-state index contributed by atoms with van der Waals surface area (Å²) in [4.78, 5) is 80.2. The molecule has 1 saturated heterocycles. The molecule has 1 aliphatic heterocycles. The van der Waals surface area contributed by atoms with Gasteiger partial charge in [-0.3, -0.25) is 43.5 Å². The van der Waals surface area contributed by atoms with Gasteiger partial charge in [-0.15, -0.1) is 37.0 Å². The second kappa shape index (κ2) is 19.2. The number of aliphatic carboxylic acids is 3. The fourth-order valence-electron chi connectivity index (χ4n) is 6.42. The predicted octanol–water partition coefficient (Wildman–Crippen LogP) is -2.17. The van der Waals surface area contributed by atoms with E-state index in [2.05, 4.69) is 23.1 Å². The van der Waals surface area contributed by atoms with Crippen molar-refractivity contribution in [2.24, 2.45) is 17.2 Å². The molecule has 10 N–H and O–H groups in total. The first-order chi connectivity index (χ1) is 22.6. The average Bonchev–Trinajstić information content (AvgIpc) is 2.99. The third-order valence-electron chi connectivity index (χ3n) is 8.97. The maximum atomic E-state index is 13.2. The molecule has 264 valence electrons. The van der Waals surface area contributed by atoms with Gasteiger partial charge in [0.2, 0.25) is 17.7 Å². The summed E-state index contributed by atoms with van der Waals surface area (Å²) in [5.41, 5.74) is 12.2. The Hall–Kier alpha value is -4.66. The minimum absolute atomic E-state index is 0.0155. The van der Waals surface area contributed by atoms with Crippen LogP contribution < -0.4 is 22.5 Å². The SMILES string of the molecule is C#CCCC(CC(=O)O)(C(N)=O)N1CCNCCN(C(CCC#C)(CC(=O)O)C(N)=O)CCN(C(CCC#C)(CC(=O)O)C(N)=O)CC1. The van der Waals surface area contributed by atoms with Crippen LogP contribution in [0.15, 0.2) is 0 Å². The molecule has 0 aromatic rings. The number of nitrogens with zero attached hydrogens (tertiary/aromatic N) is 3. The maximum absolute atomic E-state index is 13.2. The van der Waals surface area contributed by atoms with Gasteiger partial charge in [-0.1, -0.05) is 0 Å². The first kappa shape index (κ1) is 41.4. The molecule has 1 rings (SSSR count). The van der Waals surface area contributed by atoms with Crippen molar-refractivity contribution in [3.8, 4) is 37.0 Å². The van der Waals surface area contributed by atoms with Gasteiger partial charge < -0.3 is 37.8 Å². The summed E-state index contributed by atoms with van der Waals surface area (Å²) in [6.07, 6.45) is 13.9. The largest absolute Gasteiger partial charge is 0.481 e. The molecule has 16 nitrogen and oxygen atoms in total. The highest BCUT2D eigenvalue weighted by atomic mass is 16.4. The van der Waals surface area contributed by atoms with Crippen molar-refractivity contribution < 1.29 is 44.1 Å². The molecule has 0 bridgehead atoms. The van der Waals surface area contributed by atoms with Crippen molar-refractivity contribution >= 4 is 35.6 Å². The smallest absolute Gasteiger partial charge is 0.305 e.